The van der Waals surface area contributed by atoms with Gasteiger partial charge in [0.2, 0.25) is 5.89 Å². The molecule has 0 spiro atoms. The monoisotopic (exact) mass is 391 g/mol. The molecule has 0 aliphatic heterocycles. The zero-order chi connectivity index (χ0) is 20.0. The molecule has 0 atom stereocenters. The normalized spacial score (nSPS) is 11.1. The van der Waals surface area contributed by atoms with Crippen molar-refractivity contribution >= 4 is 23.4 Å². The van der Waals surface area contributed by atoms with Crippen LogP contribution < -0.4 is 5.32 Å². The van der Waals surface area contributed by atoms with Gasteiger partial charge in [0.15, 0.2) is 5.69 Å². The van der Waals surface area contributed by atoms with E-state index < -0.39 is 0 Å². The number of nitrogens with one attached hydrogen (secondary N) is 1. The van der Waals surface area contributed by atoms with Crippen LogP contribution in [0.1, 0.15) is 54.4 Å². The van der Waals surface area contributed by atoms with Gasteiger partial charge in [-0.05, 0) is 30.0 Å². The summed E-state index contributed by atoms with van der Waals surface area (Å²) < 4.78 is 5.42. The Hall–Kier alpha value is -2.34. The van der Waals surface area contributed by atoms with Gasteiger partial charge < -0.3 is 14.6 Å². The summed E-state index contributed by atoms with van der Waals surface area (Å²) in [5.41, 5.74) is 0.718. The number of amides is 2. The van der Waals surface area contributed by atoms with Crippen molar-refractivity contribution in [1.82, 2.24) is 15.2 Å². The molecular weight excluding hydrogens is 366 g/mol. The van der Waals surface area contributed by atoms with Crippen LogP contribution in [0.25, 0.3) is 0 Å². The van der Waals surface area contributed by atoms with Gasteiger partial charge in [-0.25, -0.2) is 4.98 Å². The van der Waals surface area contributed by atoms with Crippen molar-refractivity contribution in [3.8, 4) is 0 Å². The fourth-order valence-electron chi connectivity index (χ4n) is 2.50. The van der Waals surface area contributed by atoms with Crippen LogP contribution in [-0.2, 0) is 6.54 Å². The minimum Gasteiger partial charge on any atom is -0.446 e. The number of halogens is 1. The second-order valence-electron chi connectivity index (χ2n) is 7.32. The Morgan fingerprint density at radius 2 is 1.96 bits per heavy atom. The maximum absolute atomic E-state index is 12.9. The number of carbonyl (C=O) groups is 2. The number of hydrogen-bond donors (Lipinski definition) is 1. The molecule has 2 amide bonds. The third-order valence-corrected chi connectivity index (χ3v) is 3.96. The minimum absolute atomic E-state index is 0.157. The van der Waals surface area contributed by atoms with E-state index >= 15 is 0 Å². The minimum atomic E-state index is -0.282. The van der Waals surface area contributed by atoms with Crippen molar-refractivity contribution in [2.75, 3.05) is 13.1 Å². The smallest absolute Gasteiger partial charge is 0.273 e. The van der Waals surface area contributed by atoms with Crippen molar-refractivity contribution < 1.29 is 14.0 Å². The Morgan fingerprint density at radius 1 is 1.22 bits per heavy atom. The number of hydrogen-bond acceptors (Lipinski definition) is 4. The van der Waals surface area contributed by atoms with Crippen LogP contribution in [0.3, 0.4) is 0 Å². The topological polar surface area (TPSA) is 75.4 Å². The molecule has 2 aromatic rings. The zero-order valence-corrected chi connectivity index (χ0v) is 16.9. The molecule has 0 fully saturated rings. The number of aromatic nitrogens is 1. The Morgan fingerprint density at radius 3 is 2.59 bits per heavy atom. The molecule has 27 heavy (non-hydrogen) atoms. The van der Waals surface area contributed by atoms with Gasteiger partial charge in [-0.15, -0.1) is 0 Å². The molecule has 1 N–H and O–H groups in total. The molecule has 0 aliphatic carbocycles. The largest absolute Gasteiger partial charge is 0.446 e. The summed E-state index contributed by atoms with van der Waals surface area (Å²) in [6.45, 7) is 9.36. The highest BCUT2D eigenvalue weighted by Gasteiger charge is 2.21. The Labute approximate surface area is 164 Å². The van der Waals surface area contributed by atoms with Crippen LogP contribution >= 0.6 is 11.6 Å². The Bertz CT molecular complexity index is 786. The van der Waals surface area contributed by atoms with Crippen LogP contribution in [-0.4, -0.2) is 34.8 Å². The van der Waals surface area contributed by atoms with Gasteiger partial charge in [-0.2, -0.15) is 0 Å². The Kier molecular flexibility index (Phi) is 7.42. The van der Waals surface area contributed by atoms with E-state index in [1.54, 1.807) is 29.2 Å². The summed E-state index contributed by atoms with van der Waals surface area (Å²) >= 11 is 6.00. The molecule has 2 rings (SSSR count). The maximum atomic E-state index is 12.9. The number of carbonyl (C=O) groups excluding carboxylic acids is 2. The maximum Gasteiger partial charge on any atom is 0.273 e. The molecule has 0 radical (unpaired) electrons. The molecule has 0 saturated carbocycles. The van der Waals surface area contributed by atoms with E-state index in [2.05, 4.69) is 10.3 Å². The van der Waals surface area contributed by atoms with Gasteiger partial charge in [-0.3, -0.25) is 9.59 Å². The van der Waals surface area contributed by atoms with Gasteiger partial charge in [-0.1, -0.05) is 45.4 Å². The molecule has 0 unspecified atom stereocenters. The highest BCUT2D eigenvalue weighted by Crippen LogP contribution is 2.16. The van der Waals surface area contributed by atoms with Crippen LogP contribution in [0.15, 0.2) is 34.9 Å². The van der Waals surface area contributed by atoms with Crippen molar-refractivity contribution in [3.05, 3.63) is 52.7 Å². The van der Waals surface area contributed by atoms with Crippen molar-refractivity contribution in [1.29, 1.82) is 0 Å². The predicted molar refractivity (Wildman–Crippen MR) is 105 cm³/mol. The highest BCUT2D eigenvalue weighted by atomic mass is 35.5. The van der Waals surface area contributed by atoms with Gasteiger partial charge in [0.25, 0.3) is 11.8 Å². The quantitative estimate of drug-likeness (QED) is 0.737. The number of rotatable bonds is 8. The third kappa shape index (κ3) is 6.40. The molecule has 0 aliphatic rings. The van der Waals surface area contributed by atoms with Crippen LogP contribution in [0.5, 0.6) is 0 Å². The van der Waals surface area contributed by atoms with Crippen LogP contribution in [0.4, 0.5) is 0 Å². The predicted octanol–water partition coefficient (Wildman–Crippen LogP) is 4.01. The van der Waals surface area contributed by atoms with E-state index in [4.69, 9.17) is 16.0 Å². The molecule has 7 heteroatoms. The molecule has 0 bridgehead atoms. The van der Waals surface area contributed by atoms with Gasteiger partial charge in [0.05, 0.1) is 6.54 Å². The average molecular weight is 392 g/mol. The fraction of sp³-hybridized carbons (Fsp3) is 0.450. The first-order chi connectivity index (χ1) is 12.8. The summed E-state index contributed by atoms with van der Waals surface area (Å²) in [7, 11) is 0. The third-order valence-electron chi connectivity index (χ3n) is 3.73. The van der Waals surface area contributed by atoms with E-state index in [1.165, 1.54) is 6.26 Å². The number of nitrogens with zero attached hydrogens (tertiary/aromatic N) is 2. The lowest BCUT2D eigenvalue weighted by atomic mass is 10.1. The SMILES string of the molecule is CC(C)CNC(=O)c1coc(CN(CC(C)C)C(=O)c2cccc(Cl)c2)n1. The van der Waals surface area contributed by atoms with Crippen molar-refractivity contribution in [2.45, 2.75) is 34.2 Å². The first-order valence-electron chi connectivity index (χ1n) is 9.03. The zero-order valence-electron chi connectivity index (χ0n) is 16.2. The molecule has 1 heterocycles. The van der Waals surface area contributed by atoms with E-state index in [1.807, 2.05) is 27.7 Å². The number of benzene rings is 1. The second kappa shape index (κ2) is 9.55. The van der Waals surface area contributed by atoms with Crippen LogP contribution in [0, 0.1) is 11.8 Å². The lowest BCUT2D eigenvalue weighted by molar-refractivity contribution is 0.0706. The highest BCUT2D eigenvalue weighted by molar-refractivity contribution is 6.30. The molecule has 1 aromatic carbocycles. The summed E-state index contributed by atoms with van der Waals surface area (Å²) in [5.74, 6) is 0.486. The van der Waals surface area contributed by atoms with Gasteiger partial charge >= 0.3 is 0 Å². The fourth-order valence-corrected chi connectivity index (χ4v) is 2.69. The Balaban J connectivity index is 2.12. The van der Waals surface area contributed by atoms with Crippen molar-refractivity contribution in [2.24, 2.45) is 11.8 Å². The van der Waals surface area contributed by atoms with E-state index in [0.29, 0.717) is 35.5 Å². The van der Waals surface area contributed by atoms with Crippen molar-refractivity contribution in [3.63, 3.8) is 0 Å². The average Bonchev–Trinajstić information content (AvgIpc) is 3.06. The standard InChI is InChI=1S/C20H26ClN3O3/c1-13(2)9-22-19(25)17-12-27-18(23-17)11-24(10-14(3)4)20(26)15-6-5-7-16(21)8-15/h5-8,12-14H,9-11H2,1-4H3,(H,22,25). The lowest BCUT2D eigenvalue weighted by Gasteiger charge is -2.23. The van der Waals surface area contributed by atoms with Gasteiger partial charge in [0, 0.05) is 23.7 Å². The van der Waals surface area contributed by atoms with Crippen LogP contribution in [0.2, 0.25) is 5.02 Å². The van der Waals surface area contributed by atoms with E-state index in [9.17, 15) is 9.59 Å². The molecule has 6 nitrogen and oxygen atoms in total. The lowest BCUT2D eigenvalue weighted by Crippen LogP contribution is -2.34. The molecule has 146 valence electrons. The molecule has 0 saturated heterocycles. The molecule has 1 aromatic heterocycles. The first-order valence-corrected chi connectivity index (χ1v) is 9.41. The summed E-state index contributed by atoms with van der Waals surface area (Å²) in [4.78, 5) is 30.8. The molecular formula is C20H26ClN3O3. The van der Waals surface area contributed by atoms with E-state index in [0.717, 1.165) is 0 Å². The second-order valence-corrected chi connectivity index (χ2v) is 7.76. The summed E-state index contributed by atoms with van der Waals surface area (Å²) in [5, 5.41) is 3.30. The summed E-state index contributed by atoms with van der Waals surface area (Å²) in [6.07, 6.45) is 1.32. The first kappa shape index (κ1) is 21.0. The van der Waals surface area contributed by atoms with E-state index in [-0.39, 0.29) is 30.0 Å². The summed E-state index contributed by atoms with van der Waals surface area (Å²) in [6, 6.07) is 6.83. The number of oxazole rings is 1. The van der Waals surface area contributed by atoms with Gasteiger partial charge in [0.1, 0.15) is 6.26 Å².